The van der Waals surface area contributed by atoms with Crippen molar-refractivity contribution in [2.45, 2.75) is 63.1 Å². The van der Waals surface area contributed by atoms with E-state index in [0.717, 1.165) is 38.9 Å². The van der Waals surface area contributed by atoms with Gasteiger partial charge in [-0.1, -0.05) is 6.42 Å². The molecular formula is C16H29N3O2. The summed E-state index contributed by atoms with van der Waals surface area (Å²) < 4.78 is 0. The average Bonchev–Trinajstić information content (AvgIpc) is 3.19. The number of nitrogens with one attached hydrogen (secondary N) is 1. The molecule has 21 heavy (non-hydrogen) atoms. The van der Waals surface area contributed by atoms with E-state index in [0.29, 0.717) is 12.1 Å². The lowest BCUT2D eigenvalue weighted by Crippen LogP contribution is -2.42. The van der Waals surface area contributed by atoms with Gasteiger partial charge in [-0.25, -0.2) is 0 Å². The van der Waals surface area contributed by atoms with Gasteiger partial charge in [0.1, 0.15) is 6.04 Å². The molecule has 5 nitrogen and oxygen atoms in total. The van der Waals surface area contributed by atoms with Crippen LogP contribution in [0.15, 0.2) is 0 Å². The first-order chi connectivity index (χ1) is 10.2. The van der Waals surface area contributed by atoms with Crippen molar-refractivity contribution in [3.63, 3.8) is 0 Å². The maximum atomic E-state index is 11.3. The van der Waals surface area contributed by atoms with Gasteiger partial charge in [0.05, 0.1) is 0 Å². The van der Waals surface area contributed by atoms with E-state index in [9.17, 15) is 9.90 Å². The van der Waals surface area contributed by atoms with Crippen LogP contribution in [-0.4, -0.2) is 71.7 Å². The van der Waals surface area contributed by atoms with Crippen LogP contribution >= 0.6 is 0 Å². The first-order valence-corrected chi connectivity index (χ1v) is 8.67. The highest BCUT2D eigenvalue weighted by molar-refractivity contribution is 5.73. The molecule has 0 amide bonds. The summed E-state index contributed by atoms with van der Waals surface area (Å²) in [6, 6.07) is 0.822. The summed E-state index contributed by atoms with van der Waals surface area (Å²) in [7, 11) is 0. The first kappa shape index (κ1) is 15.3. The number of carbonyl (C=O) groups is 1. The molecule has 0 spiro atoms. The zero-order valence-corrected chi connectivity index (χ0v) is 13.0. The normalized spacial score (nSPS) is 29.6. The summed E-state index contributed by atoms with van der Waals surface area (Å²) in [6.45, 7) is 5.71. The van der Waals surface area contributed by atoms with Crippen LogP contribution in [-0.2, 0) is 4.79 Å². The predicted molar refractivity (Wildman–Crippen MR) is 82.5 cm³/mol. The van der Waals surface area contributed by atoms with Crippen LogP contribution in [0.4, 0.5) is 0 Å². The molecule has 2 aliphatic heterocycles. The molecular weight excluding hydrogens is 266 g/mol. The van der Waals surface area contributed by atoms with Crippen molar-refractivity contribution in [2.24, 2.45) is 0 Å². The van der Waals surface area contributed by atoms with Crippen molar-refractivity contribution in [3.05, 3.63) is 0 Å². The van der Waals surface area contributed by atoms with Gasteiger partial charge >= 0.3 is 5.97 Å². The zero-order chi connectivity index (χ0) is 14.7. The van der Waals surface area contributed by atoms with E-state index in [2.05, 4.69) is 15.1 Å². The topological polar surface area (TPSA) is 55.8 Å². The van der Waals surface area contributed by atoms with Crippen molar-refractivity contribution in [1.82, 2.24) is 15.1 Å². The van der Waals surface area contributed by atoms with Crippen molar-refractivity contribution < 1.29 is 9.90 Å². The first-order valence-electron chi connectivity index (χ1n) is 8.67. The molecule has 0 aromatic heterocycles. The van der Waals surface area contributed by atoms with Crippen molar-refractivity contribution in [3.8, 4) is 0 Å². The van der Waals surface area contributed by atoms with Gasteiger partial charge in [0.25, 0.3) is 0 Å². The molecule has 0 aromatic carbocycles. The third-order valence-electron chi connectivity index (χ3n) is 5.20. The molecule has 3 fully saturated rings. The number of carboxylic acids is 1. The third kappa shape index (κ3) is 4.41. The Balaban J connectivity index is 1.40. The smallest absolute Gasteiger partial charge is 0.320 e. The van der Waals surface area contributed by atoms with Crippen molar-refractivity contribution in [1.29, 1.82) is 0 Å². The Morgan fingerprint density at radius 3 is 2.57 bits per heavy atom. The second-order valence-corrected chi connectivity index (χ2v) is 6.96. The Hall–Kier alpha value is -0.650. The second kappa shape index (κ2) is 7.07. The minimum absolute atomic E-state index is 0.355. The summed E-state index contributed by atoms with van der Waals surface area (Å²) in [5.74, 6) is -0.686. The molecule has 1 aliphatic carbocycles. The van der Waals surface area contributed by atoms with Crippen LogP contribution in [0, 0.1) is 0 Å². The van der Waals surface area contributed by atoms with E-state index in [1.165, 1.54) is 38.8 Å². The van der Waals surface area contributed by atoms with Crippen LogP contribution in [0.3, 0.4) is 0 Å². The van der Waals surface area contributed by atoms with E-state index in [4.69, 9.17) is 0 Å². The number of piperidine rings is 1. The highest BCUT2D eigenvalue weighted by Crippen LogP contribution is 2.22. The molecule has 3 rings (SSSR count). The Kier molecular flexibility index (Phi) is 5.14. The van der Waals surface area contributed by atoms with Crippen LogP contribution in [0.5, 0.6) is 0 Å². The SMILES string of the molecule is O=C(O)C(CCN1CCC(N2CCCCC2)C1)NC1CC1. The van der Waals surface area contributed by atoms with Gasteiger partial charge in [-0.3, -0.25) is 9.69 Å². The van der Waals surface area contributed by atoms with Gasteiger partial charge in [0.15, 0.2) is 0 Å². The summed E-state index contributed by atoms with van der Waals surface area (Å²) >= 11 is 0. The summed E-state index contributed by atoms with van der Waals surface area (Å²) in [5, 5.41) is 12.5. The maximum absolute atomic E-state index is 11.3. The fourth-order valence-corrected chi connectivity index (χ4v) is 3.72. The van der Waals surface area contributed by atoms with Crippen molar-refractivity contribution >= 4 is 5.97 Å². The molecule has 120 valence electrons. The van der Waals surface area contributed by atoms with E-state index in [-0.39, 0.29) is 6.04 Å². The maximum Gasteiger partial charge on any atom is 0.320 e. The monoisotopic (exact) mass is 295 g/mol. The fraction of sp³-hybridized carbons (Fsp3) is 0.938. The Morgan fingerprint density at radius 1 is 1.14 bits per heavy atom. The highest BCUT2D eigenvalue weighted by Gasteiger charge is 2.31. The molecule has 0 bridgehead atoms. The lowest BCUT2D eigenvalue weighted by molar-refractivity contribution is -0.139. The number of nitrogens with zero attached hydrogens (tertiary/aromatic N) is 2. The molecule has 2 atom stereocenters. The van der Waals surface area contributed by atoms with Gasteiger partial charge in [-0.15, -0.1) is 0 Å². The number of hydrogen-bond acceptors (Lipinski definition) is 4. The molecule has 2 heterocycles. The molecule has 1 saturated carbocycles. The summed E-state index contributed by atoms with van der Waals surface area (Å²) in [5.41, 5.74) is 0. The van der Waals surface area contributed by atoms with Crippen molar-refractivity contribution in [2.75, 3.05) is 32.7 Å². The van der Waals surface area contributed by atoms with Gasteiger partial charge in [-0.05, 0) is 58.2 Å². The largest absolute Gasteiger partial charge is 0.480 e. The van der Waals surface area contributed by atoms with Crippen LogP contribution in [0.1, 0.15) is 44.9 Å². The number of rotatable bonds is 7. The molecule has 2 N–H and O–H groups in total. The summed E-state index contributed by atoms with van der Waals surface area (Å²) in [6.07, 6.45) is 8.37. The Labute approximate surface area is 127 Å². The minimum Gasteiger partial charge on any atom is -0.480 e. The number of aliphatic carboxylic acids is 1. The van der Waals surface area contributed by atoms with E-state index < -0.39 is 5.97 Å². The Bertz CT molecular complexity index is 353. The molecule has 2 unspecified atom stereocenters. The fourth-order valence-electron chi connectivity index (χ4n) is 3.72. The van der Waals surface area contributed by atoms with Crippen LogP contribution in [0.25, 0.3) is 0 Å². The van der Waals surface area contributed by atoms with Crippen LogP contribution in [0.2, 0.25) is 0 Å². The highest BCUT2D eigenvalue weighted by atomic mass is 16.4. The Morgan fingerprint density at radius 2 is 1.90 bits per heavy atom. The lowest BCUT2D eigenvalue weighted by Gasteiger charge is -2.32. The molecule has 0 aromatic rings. The number of likely N-dealkylation sites (tertiary alicyclic amines) is 2. The average molecular weight is 295 g/mol. The molecule has 3 aliphatic rings. The number of carboxylic acid groups (broad SMARTS) is 1. The van der Waals surface area contributed by atoms with Gasteiger partial charge < -0.3 is 15.3 Å². The van der Waals surface area contributed by atoms with Gasteiger partial charge in [0, 0.05) is 25.2 Å². The van der Waals surface area contributed by atoms with Gasteiger partial charge in [0.2, 0.25) is 0 Å². The standard InChI is InChI=1S/C16H29N3O2/c20-16(21)15(17-13-4-5-13)7-11-18-10-6-14(12-18)19-8-2-1-3-9-19/h13-15,17H,1-12H2,(H,20,21). The predicted octanol–water partition coefficient (Wildman–Crippen LogP) is 1.14. The molecule has 0 radical (unpaired) electrons. The van der Waals surface area contributed by atoms with E-state index in [1.54, 1.807) is 0 Å². The quantitative estimate of drug-likeness (QED) is 0.738. The van der Waals surface area contributed by atoms with Crippen LogP contribution < -0.4 is 5.32 Å². The minimum atomic E-state index is -0.686. The van der Waals surface area contributed by atoms with E-state index in [1.807, 2.05) is 0 Å². The molecule has 2 saturated heterocycles. The molecule has 5 heteroatoms. The third-order valence-corrected chi connectivity index (χ3v) is 5.20. The lowest BCUT2D eigenvalue weighted by atomic mass is 10.1. The van der Waals surface area contributed by atoms with E-state index >= 15 is 0 Å². The number of hydrogen-bond donors (Lipinski definition) is 2. The van der Waals surface area contributed by atoms with Gasteiger partial charge in [-0.2, -0.15) is 0 Å². The second-order valence-electron chi connectivity index (χ2n) is 6.96. The zero-order valence-electron chi connectivity index (χ0n) is 13.0. The summed E-state index contributed by atoms with van der Waals surface area (Å²) in [4.78, 5) is 16.4.